The van der Waals surface area contributed by atoms with Gasteiger partial charge in [-0.3, -0.25) is 19.8 Å². The van der Waals surface area contributed by atoms with Gasteiger partial charge in [0.15, 0.2) is 0 Å². The number of benzene rings is 4. The van der Waals surface area contributed by atoms with Gasteiger partial charge in [-0.1, -0.05) is 72.8 Å². The van der Waals surface area contributed by atoms with Crippen LogP contribution >= 0.6 is 0 Å². The number of nitro benzene ring substituents is 1. The predicted molar refractivity (Wildman–Crippen MR) is 128 cm³/mol. The van der Waals surface area contributed by atoms with Crippen LogP contribution in [0.15, 0.2) is 109 Å². The zero-order valence-electron chi connectivity index (χ0n) is 17.7. The van der Waals surface area contributed by atoms with Crippen molar-refractivity contribution >= 4 is 23.0 Å². The Kier molecular flexibility index (Phi) is 5.32. The molecule has 6 heteroatoms. The lowest BCUT2D eigenvalue weighted by Gasteiger charge is -2.46. The SMILES string of the molecule is O=C1c2ccccc2N(Cc2ccccc2)[C@@H](c2cccc([N+](=O)[O-])c2)N1c1ccccc1. The highest BCUT2D eigenvalue weighted by Gasteiger charge is 2.39. The summed E-state index contributed by atoms with van der Waals surface area (Å²) >= 11 is 0. The molecule has 1 aliphatic heterocycles. The minimum Gasteiger partial charge on any atom is -0.342 e. The van der Waals surface area contributed by atoms with E-state index in [9.17, 15) is 14.9 Å². The first-order valence-electron chi connectivity index (χ1n) is 10.7. The van der Waals surface area contributed by atoms with Crippen LogP contribution in [0.25, 0.3) is 0 Å². The van der Waals surface area contributed by atoms with Crippen LogP contribution in [-0.4, -0.2) is 10.8 Å². The maximum Gasteiger partial charge on any atom is 0.269 e. The van der Waals surface area contributed by atoms with Crippen molar-refractivity contribution in [2.45, 2.75) is 12.7 Å². The van der Waals surface area contributed by atoms with Gasteiger partial charge in [0.2, 0.25) is 0 Å². The van der Waals surface area contributed by atoms with Crippen molar-refractivity contribution in [1.29, 1.82) is 0 Å². The molecule has 5 rings (SSSR count). The topological polar surface area (TPSA) is 66.7 Å². The normalized spacial score (nSPS) is 15.3. The standard InChI is InChI=1S/C27H21N3O3/c31-27-24-16-7-8-17-25(24)28(19-20-10-3-1-4-11-20)26(29(27)22-13-5-2-6-14-22)21-12-9-15-23(18-21)30(32)33/h1-18,26H,19H2/t26-/m1/s1. The summed E-state index contributed by atoms with van der Waals surface area (Å²) in [6.45, 7) is 0.530. The molecule has 0 fully saturated rings. The van der Waals surface area contributed by atoms with Crippen molar-refractivity contribution in [1.82, 2.24) is 0 Å². The summed E-state index contributed by atoms with van der Waals surface area (Å²) in [4.78, 5) is 28.8. The minimum atomic E-state index is -0.560. The monoisotopic (exact) mass is 435 g/mol. The first kappa shape index (κ1) is 20.5. The van der Waals surface area contributed by atoms with E-state index in [1.165, 1.54) is 6.07 Å². The number of fused-ring (bicyclic) bond motifs is 1. The zero-order valence-corrected chi connectivity index (χ0v) is 17.7. The van der Waals surface area contributed by atoms with Crippen LogP contribution in [0.5, 0.6) is 0 Å². The van der Waals surface area contributed by atoms with E-state index in [0.717, 1.165) is 16.9 Å². The number of hydrogen-bond donors (Lipinski definition) is 0. The maximum atomic E-state index is 13.8. The van der Waals surface area contributed by atoms with Gasteiger partial charge in [0, 0.05) is 29.9 Å². The molecule has 1 atom stereocenters. The van der Waals surface area contributed by atoms with Gasteiger partial charge in [0.05, 0.1) is 16.2 Å². The number of nitrogens with zero attached hydrogens (tertiary/aromatic N) is 3. The molecule has 1 amide bonds. The Morgan fingerprint density at radius 3 is 2.18 bits per heavy atom. The summed E-state index contributed by atoms with van der Waals surface area (Å²) in [6, 6.07) is 33.5. The number of rotatable bonds is 5. The third kappa shape index (κ3) is 3.83. The van der Waals surface area contributed by atoms with E-state index in [1.807, 2.05) is 91.0 Å². The second-order valence-electron chi connectivity index (χ2n) is 7.87. The number of hydrogen-bond acceptors (Lipinski definition) is 4. The number of amides is 1. The number of nitro groups is 1. The summed E-state index contributed by atoms with van der Waals surface area (Å²) in [5.41, 5.74) is 3.86. The molecule has 4 aromatic carbocycles. The Hall–Kier alpha value is -4.45. The lowest BCUT2D eigenvalue weighted by molar-refractivity contribution is -0.384. The first-order chi connectivity index (χ1) is 16.1. The number of carbonyl (C=O) groups excluding carboxylic acids is 1. The quantitative estimate of drug-likeness (QED) is 0.287. The fourth-order valence-corrected chi connectivity index (χ4v) is 4.34. The summed E-state index contributed by atoms with van der Waals surface area (Å²) in [6.07, 6.45) is -0.560. The molecule has 0 aromatic heterocycles. The van der Waals surface area contributed by atoms with E-state index >= 15 is 0 Å². The van der Waals surface area contributed by atoms with Crippen LogP contribution in [0.1, 0.15) is 27.7 Å². The lowest BCUT2D eigenvalue weighted by atomic mass is 9.99. The van der Waals surface area contributed by atoms with Crippen molar-refractivity contribution in [2.75, 3.05) is 9.80 Å². The van der Waals surface area contributed by atoms with Gasteiger partial charge < -0.3 is 4.90 Å². The second-order valence-corrected chi connectivity index (χ2v) is 7.87. The van der Waals surface area contributed by atoms with Crippen LogP contribution in [0.2, 0.25) is 0 Å². The Bertz CT molecular complexity index is 1310. The van der Waals surface area contributed by atoms with E-state index < -0.39 is 11.1 Å². The molecule has 1 heterocycles. The molecule has 0 bridgehead atoms. The molecule has 0 saturated carbocycles. The highest BCUT2D eigenvalue weighted by atomic mass is 16.6. The Morgan fingerprint density at radius 2 is 1.45 bits per heavy atom. The third-order valence-electron chi connectivity index (χ3n) is 5.81. The van der Waals surface area contributed by atoms with Crippen molar-refractivity contribution < 1.29 is 9.72 Å². The van der Waals surface area contributed by atoms with Gasteiger partial charge in [0.1, 0.15) is 6.17 Å². The number of carbonyl (C=O) groups is 1. The molecule has 33 heavy (non-hydrogen) atoms. The summed E-state index contributed by atoms with van der Waals surface area (Å²) in [5.74, 6) is -0.141. The summed E-state index contributed by atoms with van der Waals surface area (Å²) in [7, 11) is 0. The Labute approximate surface area is 191 Å². The van der Waals surface area contributed by atoms with Gasteiger partial charge in [-0.15, -0.1) is 0 Å². The van der Waals surface area contributed by atoms with Crippen LogP contribution in [0, 0.1) is 10.1 Å². The lowest BCUT2D eigenvalue weighted by Crippen LogP contribution is -2.49. The molecule has 0 aliphatic carbocycles. The summed E-state index contributed by atoms with van der Waals surface area (Å²) < 4.78 is 0. The van der Waals surface area contributed by atoms with E-state index in [0.29, 0.717) is 17.7 Å². The molecule has 1 aliphatic rings. The third-order valence-corrected chi connectivity index (χ3v) is 5.81. The molecule has 0 spiro atoms. The Balaban J connectivity index is 1.74. The van der Waals surface area contributed by atoms with Crippen LogP contribution in [0.3, 0.4) is 0 Å². The fourth-order valence-electron chi connectivity index (χ4n) is 4.34. The van der Waals surface area contributed by atoms with Crippen molar-refractivity contribution in [3.63, 3.8) is 0 Å². The van der Waals surface area contributed by atoms with Crippen LogP contribution in [-0.2, 0) is 6.54 Å². The predicted octanol–water partition coefficient (Wildman–Crippen LogP) is 5.96. The molecule has 0 unspecified atom stereocenters. The largest absolute Gasteiger partial charge is 0.342 e. The van der Waals surface area contributed by atoms with E-state index in [-0.39, 0.29) is 11.6 Å². The van der Waals surface area contributed by atoms with Gasteiger partial charge in [0.25, 0.3) is 11.6 Å². The van der Waals surface area contributed by atoms with Crippen molar-refractivity contribution in [3.8, 4) is 0 Å². The van der Waals surface area contributed by atoms with Crippen LogP contribution in [0.4, 0.5) is 17.1 Å². The van der Waals surface area contributed by atoms with Gasteiger partial charge in [-0.25, -0.2) is 0 Å². The molecular weight excluding hydrogens is 414 g/mol. The van der Waals surface area contributed by atoms with Crippen molar-refractivity contribution in [3.05, 3.63) is 136 Å². The number of anilines is 2. The van der Waals surface area contributed by atoms with Crippen molar-refractivity contribution in [2.24, 2.45) is 0 Å². The molecule has 162 valence electrons. The maximum absolute atomic E-state index is 13.8. The molecule has 4 aromatic rings. The van der Waals surface area contributed by atoms with Gasteiger partial charge in [-0.05, 0) is 29.8 Å². The smallest absolute Gasteiger partial charge is 0.269 e. The fraction of sp³-hybridized carbons (Fsp3) is 0.0741. The number of para-hydroxylation sites is 2. The first-order valence-corrected chi connectivity index (χ1v) is 10.7. The van der Waals surface area contributed by atoms with Crippen LogP contribution < -0.4 is 9.80 Å². The average molecular weight is 435 g/mol. The zero-order chi connectivity index (χ0) is 22.8. The molecule has 6 nitrogen and oxygen atoms in total. The molecule has 0 radical (unpaired) electrons. The molecular formula is C27H21N3O3. The average Bonchev–Trinajstić information content (AvgIpc) is 2.86. The van der Waals surface area contributed by atoms with Gasteiger partial charge in [-0.2, -0.15) is 0 Å². The summed E-state index contributed by atoms with van der Waals surface area (Å²) in [5, 5.41) is 11.5. The minimum absolute atomic E-state index is 0.00789. The Morgan fingerprint density at radius 1 is 0.788 bits per heavy atom. The van der Waals surface area contributed by atoms with Gasteiger partial charge >= 0.3 is 0 Å². The van der Waals surface area contributed by atoms with E-state index in [2.05, 4.69) is 4.90 Å². The highest BCUT2D eigenvalue weighted by Crippen LogP contribution is 2.42. The molecule has 0 N–H and O–H groups in total. The van der Waals surface area contributed by atoms with E-state index in [1.54, 1.807) is 17.0 Å². The van der Waals surface area contributed by atoms with E-state index in [4.69, 9.17) is 0 Å². The number of non-ortho nitro benzene ring substituents is 1. The highest BCUT2D eigenvalue weighted by molar-refractivity contribution is 6.12. The second kappa shape index (κ2) is 8.59. The molecule has 0 saturated heterocycles.